The fourth-order valence-electron chi connectivity index (χ4n) is 7.23. The first-order chi connectivity index (χ1) is 39.2. The Morgan fingerprint density at radius 3 is 1.61 bits per heavy atom. The Morgan fingerprint density at radius 1 is 0.646 bits per heavy atom. The fourth-order valence-corrected chi connectivity index (χ4v) is 7.36. The van der Waals surface area contributed by atoms with Crippen LogP contribution in [-0.2, 0) is 49.4 Å². The molecule has 0 radical (unpaired) electrons. The third kappa shape index (κ3) is 17.1. The number of aromatic amines is 1. The van der Waals surface area contributed by atoms with Crippen LogP contribution in [0.2, 0.25) is 0 Å². The number of aromatic nitrogens is 8. The summed E-state index contributed by atoms with van der Waals surface area (Å²) >= 11 is 0. The number of ether oxygens (including phenoxy) is 3. The van der Waals surface area contributed by atoms with Gasteiger partial charge in [0.2, 0.25) is 0 Å². The van der Waals surface area contributed by atoms with Crippen LogP contribution in [-0.4, -0.2) is 102 Å². The van der Waals surface area contributed by atoms with Gasteiger partial charge in [0.1, 0.15) is 5.75 Å². The largest absolute Gasteiger partial charge is 0.462 e. The third-order valence-corrected chi connectivity index (χ3v) is 11.9. The highest BCUT2D eigenvalue weighted by Gasteiger charge is 2.16. The summed E-state index contributed by atoms with van der Waals surface area (Å²) in [5, 5.41) is 38.0. The summed E-state index contributed by atoms with van der Waals surface area (Å²) in [6.07, 6.45) is 21.4. The van der Waals surface area contributed by atoms with Gasteiger partial charge in [0.15, 0.2) is 0 Å². The quantitative estimate of drug-likeness (QED) is 0.0406. The Balaban J connectivity index is 0.000000189. The first-order valence-corrected chi connectivity index (χ1v) is 25.3. The van der Waals surface area contributed by atoms with Gasteiger partial charge in [0.05, 0.1) is 130 Å². The van der Waals surface area contributed by atoms with E-state index in [-0.39, 0.29) is 34.3 Å². The van der Waals surface area contributed by atoms with Crippen molar-refractivity contribution in [3.05, 3.63) is 179 Å². The van der Waals surface area contributed by atoms with E-state index in [0.717, 1.165) is 47.2 Å². The molecule has 0 bridgehead atoms. The molecule has 28 nitrogen and oxygen atoms in total. The highest BCUT2D eigenvalue weighted by molar-refractivity contribution is 7.81. The second kappa shape index (κ2) is 29.8. The van der Waals surface area contributed by atoms with E-state index in [1.807, 2.05) is 54.0 Å². The molecular weight excluding hydrogens is 1090 g/mol. The monoisotopic (exact) mass is 1140 g/mol. The normalized spacial score (nSPS) is 10.3. The number of hydrogen-bond donors (Lipinski definition) is 4. The van der Waals surface area contributed by atoms with E-state index in [9.17, 15) is 43.0 Å². The number of anilines is 3. The molecule has 426 valence electrons. The summed E-state index contributed by atoms with van der Waals surface area (Å²) in [5.74, 6) is -0.362. The molecular formula is C53H54N14O14S. The average Bonchev–Trinajstić information content (AvgIpc) is 4.36. The zero-order valence-electron chi connectivity index (χ0n) is 44.9. The summed E-state index contributed by atoms with van der Waals surface area (Å²) < 4.78 is 47.3. The summed E-state index contributed by atoms with van der Waals surface area (Å²) in [5.41, 5.74) is 12.4. The van der Waals surface area contributed by atoms with Crippen molar-refractivity contribution in [2.24, 2.45) is 21.1 Å². The molecule has 2 amide bonds. The number of rotatable bonds is 11. The number of fused-ring (bicyclic) bond motifs is 4. The number of nitrogens with one attached hydrogen (secondary N) is 3. The number of hydrogen-bond acceptors (Lipinski definition) is 20. The topological polar surface area (TPSA) is 374 Å². The van der Waals surface area contributed by atoms with Crippen LogP contribution in [0.3, 0.4) is 0 Å². The van der Waals surface area contributed by atoms with E-state index >= 15 is 0 Å². The molecule has 0 spiro atoms. The van der Waals surface area contributed by atoms with Crippen molar-refractivity contribution < 1.29 is 55.2 Å². The predicted molar refractivity (Wildman–Crippen MR) is 303 cm³/mol. The molecule has 8 aromatic heterocycles. The maximum atomic E-state index is 12.2. The lowest BCUT2D eigenvalue weighted by Gasteiger charge is -2.07. The number of carbonyl (C=O) groups is 3. The SMILES string of the molecule is CCOC(=O)c1ccc(NC(=O)Nc2cn(C)c3cnccc23)cc1.CCOC(=O)c1ccc(OC#N)cc1.COS(=O)(=O)OC.Cn1cc(N)c2ccncc21.Cn1cc([N+](=O)[O-])c2ccncc21.O=[N+]([O-])c1c[nH]c2cnccc12. The second-order valence-corrected chi connectivity index (χ2v) is 17.8. The van der Waals surface area contributed by atoms with E-state index in [0.29, 0.717) is 57.8 Å². The van der Waals surface area contributed by atoms with Crippen LogP contribution in [0.1, 0.15) is 34.6 Å². The summed E-state index contributed by atoms with van der Waals surface area (Å²) in [6.45, 7) is 4.16. The van der Waals surface area contributed by atoms with Gasteiger partial charge < -0.3 is 49.3 Å². The molecule has 0 unspecified atom stereocenters. The van der Waals surface area contributed by atoms with Crippen molar-refractivity contribution >= 4 is 100 Å². The van der Waals surface area contributed by atoms with Crippen LogP contribution >= 0.6 is 0 Å². The molecule has 10 rings (SSSR count). The van der Waals surface area contributed by atoms with E-state index in [4.69, 9.17) is 20.5 Å². The minimum atomic E-state index is -3.66. The van der Waals surface area contributed by atoms with E-state index in [2.05, 4.69) is 48.7 Å². The van der Waals surface area contributed by atoms with Gasteiger partial charge in [-0.15, -0.1) is 5.26 Å². The van der Waals surface area contributed by atoms with Gasteiger partial charge in [0, 0.05) is 74.8 Å². The zero-order chi connectivity index (χ0) is 59.9. The maximum absolute atomic E-state index is 12.2. The number of aryl methyl sites for hydroxylation is 3. The number of carbonyl (C=O) groups excluding carboxylic acids is 3. The molecule has 29 heteroatoms. The Bertz CT molecular complexity index is 3920. The van der Waals surface area contributed by atoms with Gasteiger partial charge in [-0.05, 0) is 86.6 Å². The van der Waals surface area contributed by atoms with E-state index in [1.165, 1.54) is 30.7 Å². The maximum Gasteiger partial charge on any atom is 0.399 e. The van der Waals surface area contributed by atoms with Crippen molar-refractivity contribution in [2.45, 2.75) is 13.8 Å². The van der Waals surface area contributed by atoms with Gasteiger partial charge in [-0.25, -0.2) is 14.4 Å². The summed E-state index contributed by atoms with van der Waals surface area (Å²) in [7, 11) is 4.01. The first kappa shape index (κ1) is 62.0. The minimum Gasteiger partial charge on any atom is -0.462 e. The minimum absolute atomic E-state index is 0.0902. The molecule has 0 fully saturated rings. The number of nitrogens with two attached hydrogens (primary N) is 1. The zero-order valence-corrected chi connectivity index (χ0v) is 45.8. The summed E-state index contributed by atoms with van der Waals surface area (Å²) in [4.78, 5) is 73.9. The highest BCUT2D eigenvalue weighted by Crippen LogP contribution is 2.27. The van der Waals surface area contributed by atoms with Crippen LogP contribution in [0.25, 0.3) is 43.6 Å². The molecule has 10 aromatic rings. The average molecular weight is 1140 g/mol. The second-order valence-electron chi connectivity index (χ2n) is 16.3. The Kier molecular flexibility index (Phi) is 22.5. The molecule has 0 saturated heterocycles. The molecule has 0 atom stereocenters. The summed E-state index contributed by atoms with van der Waals surface area (Å²) in [6, 6.07) is 19.3. The van der Waals surface area contributed by atoms with Crippen LogP contribution in [0.4, 0.5) is 33.2 Å². The van der Waals surface area contributed by atoms with Gasteiger partial charge >= 0.3 is 28.4 Å². The molecule has 0 saturated carbocycles. The predicted octanol–water partition coefficient (Wildman–Crippen LogP) is 8.75. The molecule has 82 heavy (non-hydrogen) atoms. The van der Waals surface area contributed by atoms with Crippen molar-refractivity contribution in [3.8, 4) is 12.0 Å². The Hall–Kier alpha value is -10.8. The van der Waals surface area contributed by atoms with Crippen LogP contribution in [0, 0.1) is 31.7 Å². The lowest BCUT2D eigenvalue weighted by atomic mass is 10.2. The lowest BCUT2D eigenvalue weighted by Crippen LogP contribution is -2.19. The number of nitrogen functional groups attached to an aromatic ring is 1. The molecule has 8 heterocycles. The number of nitrogens with zero attached hydrogens (tertiary/aromatic N) is 10. The Morgan fingerprint density at radius 2 is 1.11 bits per heavy atom. The number of amides is 2. The number of H-pyrrole nitrogens is 1. The smallest absolute Gasteiger partial charge is 0.399 e. The molecule has 5 N–H and O–H groups in total. The molecule has 0 aliphatic carbocycles. The number of nitriles is 1. The number of pyridine rings is 4. The van der Waals surface area contributed by atoms with Gasteiger partial charge in [-0.3, -0.25) is 48.5 Å². The van der Waals surface area contributed by atoms with Gasteiger partial charge in [0.25, 0.3) is 17.6 Å². The standard InChI is InChI=1S/C18H18N4O3.C10H9NO3.C8H7N3O2.C8H9N3.C7H5N3O2.C2H6O4S/c1-3-25-17(23)12-4-6-13(7-5-12)20-18(24)21-15-11-22(2)16-10-19-9-8-14(15)16;1-2-13-10(12)8-3-5-9(6-4-8)14-7-11;1-10-5-8(11(12)13)6-2-3-9-4-7(6)10;1-11-5-7(9)6-2-3-10-4-8(6)11;11-10(12)7-4-9-6-3-8-2-1-5(6)7;1-5-7(3,4)6-2/h4-11H,3H2,1-2H3,(H2,20,21,24);3-6H,2H2,1H3;2-5H,1H3;2-5H,9H2,1H3;1-4,9H;1-2H3. The number of urea groups is 1. The van der Waals surface area contributed by atoms with Crippen LogP contribution in [0.15, 0.2) is 147 Å². The highest BCUT2D eigenvalue weighted by atomic mass is 32.3. The van der Waals surface area contributed by atoms with Crippen LogP contribution in [0.5, 0.6) is 5.75 Å². The number of nitro groups is 2. The third-order valence-electron chi connectivity index (χ3n) is 11.1. The lowest BCUT2D eigenvalue weighted by molar-refractivity contribution is -0.383. The van der Waals surface area contributed by atoms with Gasteiger partial charge in [-0.1, -0.05) is 0 Å². The van der Waals surface area contributed by atoms with Crippen LogP contribution < -0.4 is 21.1 Å². The molecule has 0 aliphatic rings. The number of benzene rings is 2. The molecule has 0 aliphatic heterocycles. The van der Waals surface area contributed by atoms with Crippen molar-refractivity contribution in [2.75, 3.05) is 43.8 Å². The number of esters is 2. The van der Waals surface area contributed by atoms with E-state index < -0.39 is 15.3 Å². The van der Waals surface area contributed by atoms with E-state index in [1.54, 1.807) is 117 Å². The van der Waals surface area contributed by atoms with Crippen molar-refractivity contribution in [1.82, 2.24) is 38.6 Å². The fraction of sp³-hybridized carbons (Fsp3) is 0.170. The molecule has 2 aromatic carbocycles. The van der Waals surface area contributed by atoms with Crippen molar-refractivity contribution in [3.63, 3.8) is 0 Å². The Labute approximate surface area is 467 Å². The van der Waals surface area contributed by atoms with Crippen molar-refractivity contribution in [1.29, 1.82) is 5.26 Å². The van der Waals surface area contributed by atoms with Gasteiger partial charge in [-0.2, -0.15) is 8.42 Å². The first-order valence-electron chi connectivity index (χ1n) is 23.9.